The minimum absolute atomic E-state index is 0.101. The number of carbonyl (C=O) groups excluding carboxylic acids is 1. The second-order valence-electron chi connectivity index (χ2n) is 20.1. The normalized spacial score (nSPS) is 43.8. The van der Waals surface area contributed by atoms with E-state index in [9.17, 15) is 25.2 Å². The van der Waals surface area contributed by atoms with Crippen molar-refractivity contribution in [3.05, 3.63) is 29.8 Å². The van der Waals surface area contributed by atoms with E-state index in [4.69, 9.17) is 33.2 Å². The molecule has 0 spiro atoms. The topological polar surface area (TPSA) is 190 Å². The average Bonchev–Trinajstić information content (AvgIpc) is 3.21. The highest BCUT2D eigenvalue weighted by Gasteiger charge is 2.58. The molecule has 3 aliphatic heterocycles. The van der Waals surface area contributed by atoms with Crippen molar-refractivity contribution >= 4 is 5.97 Å². The van der Waals surface area contributed by atoms with Crippen LogP contribution in [0.15, 0.2) is 24.3 Å². The van der Waals surface area contributed by atoms with Gasteiger partial charge in [0.15, 0.2) is 18.7 Å². The number of benzene rings is 1. The van der Waals surface area contributed by atoms with Crippen LogP contribution < -0.4 is 15.4 Å². The van der Waals surface area contributed by atoms with Crippen molar-refractivity contribution in [2.45, 2.75) is 205 Å². The van der Waals surface area contributed by atoms with E-state index >= 15 is 0 Å². The molecule has 15 heteroatoms. The summed E-state index contributed by atoms with van der Waals surface area (Å²) in [7, 11) is 5.55. The van der Waals surface area contributed by atoms with Crippen LogP contribution >= 0.6 is 0 Å². The number of aryl methyl sites for hydroxylation is 1. The molecule has 15 nitrogen and oxygen atoms in total. The summed E-state index contributed by atoms with van der Waals surface area (Å²) >= 11 is 0. The summed E-state index contributed by atoms with van der Waals surface area (Å²) < 4.78 is 46.3. The molecule has 3 aliphatic rings. The number of hydrogen-bond donors (Lipinski definition) is 6. The molecule has 1 aromatic carbocycles. The summed E-state index contributed by atoms with van der Waals surface area (Å²) in [6.45, 7) is 23.3. The Morgan fingerprint density at radius 3 is 2.25 bits per heavy atom. The van der Waals surface area contributed by atoms with Gasteiger partial charge in [0.1, 0.15) is 34.8 Å². The first kappa shape index (κ1) is 53.6. The van der Waals surface area contributed by atoms with Gasteiger partial charge in [-0.3, -0.25) is 4.79 Å². The van der Waals surface area contributed by atoms with Gasteiger partial charge in [0.2, 0.25) is 0 Å². The van der Waals surface area contributed by atoms with Crippen LogP contribution in [0.25, 0.3) is 0 Å². The maximum Gasteiger partial charge on any atom is 0.311 e. The highest BCUT2D eigenvalue weighted by molar-refractivity contribution is 5.73. The summed E-state index contributed by atoms with van der Waals surface area (Å²) in [5.74, 6) is -1.96. The molecule has 6 N–H and O–H groups in total. The van der Waals surface area contributed by atoms with Crippen LogP contribution in [-0.2, 0) is 33.2 Å². The summed E-state index contributed by atoms with van der Waals surface area (Å²) in [6.07, 6.45) is -5.93. The van der Waals surface area contributed by atoms with Gasteiger partial charge in [-0.2, -0.15) is 0 Å². The molecule has 0 bridgehead atoms. The maximum absolute atomic E-state index is 14.6. The molecule has 3 heterocycles. The lowest BCUT2D eigenvalue weighted by Crippen LogP contribution is -2.70. The predicted octanol–water partition coefficient (Wildman–Crippen LogP) is 4.32. The molecule has 0 aliphatic carbocycles. The zero-order chi connectivity index (χ0) is 47.2. The van der Waals surface area contributed by atoms with Crippen LogP contribution in [0.5, 0.6) is 5.75 Å². The standard InChI is InChI=1S/C48H85N3O12/c1-16-21-49-27-48(56)34(9)59-38(25-46(48,11)57-15)62-39-31(6)42(63-44-40(36(51(13)14)23-30(5)58-44)60-35-20-18-19-28(3)22-35)45(10,54)24-29(4)26-50-33(8)41(52)47(12,55)37(17-2)61-43(53)32(39)7/h18-20,22,29-34,36-42,44,49-50,52,54-56H,16-17,21,23-27H2,1-15H3/t29-,30-,31+,32-,33-,34+,36+,37-,38+,39+,40-,41-,42-,44+,45-,46-,47-,48+/m1/s1. The zero-order valence-corrected chi connectivity index (χ0v) is 41.1. The fourth-order valence-corrected chi connectivity index (χ4v) is 10.2. The van der Waals surface area contributed by atoms with E-state index in [0.717, 1.165) is 12.0 Å². The number of nitrogens with zero attached hydrogens (tertiary/aromatic N) is 1. The second kappa shape index (κ2) is 22.2. The molecule has 0 amide bonds. The first-order valence-electron chi connectivity index (χ1n) is 23.4. The molecule has 3 saturated heterocycles. The van der Waals surface area contributed by atoms with Crippen molar-refractivity contribution in [2.24, 2.45) is 17.8 Å². The third-order valence-corrected chi connectivity index (χ3v) is 14.3. The molecule has 1 aromatic rings. The molecule has 3 fully saturated rings. The smallest absolute Gasteiger partial charge is 0.311 e. The number of nitrogens with one attached hydrogen (secondary N) is 2. The Labute approximate surface area is 378 Å². The van der Waals surface area contributed by atoms with Gasteiger partial charge in [0.25, 0.3) is 0 Å². The monoisotopic (exact) mass is 896 g/mol. The van der Waals surface area contributed by atoms with E-state index in [2.05, 4.69) is 22.5 Å². The van der Waals surface area contributed by atoms with E-state index < -0.39 is 95.5 Å². The molecule has 63 heavy (non-hydrogen) atoms. The lowest BCUT2D eigenvalue weighted by atomic mass is 9.75. The molecule has 0 unspecified atom stereocenters. The summed E-state index contributed by atoms with van der Waals surface area (Å²) in [4.78, 5) is 16.7. The van der Waals surface area contributed by atoms with E-state index in [0.29, 0.717) is 25.3 Å². The van der Waals surface area contributed by atoms with E-state index in [1.54, 1.807) is 41.7 Å². The Hall–Kier alpha value is -1.99. The number of cyclic esters (lactones) is 1. The van der Waals surface area contributed by atoms with Crippen molar-refractivity contribution in [2.75, 3.05) is 40.8 Å². The van der Waals surface area contributed by atoms with Crippen LogP contribution in [0.3, 0.4) is 0 Å². The van der Waals surface area contributed by atoms with Gasteiger partial charge in [-0.15, -0.1) is 0 Å². The minimum atomic E-state index is -1.82. The minimum Gasteiger partial charge on any atom is -0.483 e. The van der Waals surface area contributed by atoms with E-state index in [-0.39, 0.29) is 43.9 Å². The Morgan fingerprint density at radius 1 is 0.968 bits per heavy atom. The molecule has 18 atom stereocenters. The number of methoxy groups -OCH3 is 1. The van der Waals surface area contributed by atoms with Gasteiger partial charge in [-0.05, 0) is 132 Å². The van der Waals surface area contributed by atoms with Crippen molar-refractivity contribution in [3.8, 4) is 5.75 Å². The van der Waals surface area contributed by atoms with Crippen molar-refractivity contribution in [1.82, 2.24) is 15.5 Å². The third kappa shape index (κ3) is 12.5. The van der Waals surface area contributed by atoms with Gasteiger partial charge in [0.05, 0.1) is 42.0 Å². The molecule has 0 saturated carbocycles. The third-order valence-electron chi connectivity index (χ3n) is 14.3. The molecular weight excluding hydrogens is 811 g/mol. The number of aliphatic hydroxyl groups is 4. The van der Waals surface area contributed by atoms with E-state index in [1.165, 1.54) is 6.92 Å². The molecule has 4 rings (SSSR count). The number of rotatable bonds is 13. The van der Waals surface area contributed by atoms with Crippen LogP contribution in [-0.4, -0.2) is 162 Å². The summed E-state index contributed by atoms with van der Waals surface area (Å²) in [5.41, 5.74) is -4.92. The van der Waals surface area contributed by atoms with Gasteiger partial charge < -0.3 is 69.1 Å². The van der Waals surface area contributed by atoms with Crippen LogP contribution in [0, 0.1) is 24.7 Å². The Balaban J connectivity index is 1.86. The van der Waals surface area contributed by atoms with Crippen molar-refractivity contribution in [3.63, 3.8) is 0 Å². The highest BCUT2D eigenvalue weighted by Crippen LogP contribution is 2.43. The summed E-state index contributed by atoms with van der Waals surface area (Å²) in [5, 5.41) is 55.0. The summed E-state index contributed by atoms with van der Waals surface area (Å²) in [6, 6.07) is 7.09. The Kier molecular flexibility index (Phi) is 18.9. The number of esters is 1. The number of aliphatic hydroxyl groups excluding tert-OH is 1. The molecule has 0 radical (unpaired) electrons. The fraction of sp³-hybridized carbons (Fsp3) is 0.854. The van der Waals surface area contributed by atoms with Crippen LogP contribution in [0.1, 0.15) is 114 Å². The van der Waals surface area contributed by atoms with Gasteiger partial charge >= 0.3 is 5.97 Å². The Bertz CT molecular complexity index is 1580. The molecular formula is C48H85N3O12. The number of hydrogen-bond acceptors (Lipinski definition) is 15. The second-order valence-corrected chi connectivity index (χ2v) is 20.1. The Morgan fingerprint density at radius 2 is 1.65 bits per heavy atom. The lowest BCUT2D eigenvalue weighted by molar-refractivity contribution is -0.335. The average molecular weight is 896 g/mol. The molecule has 364 valence electrons. The van der Waals surface area contributed by atoms with Crippen molar-refractivity contribution in [1.29, 1.82) is 0 Å². The number of carbonyl (C=O) groups is 1. The fourth-order valence-electron chi connectivity index (χ4n) is 10.2. The highest BCUT2D eigenvalue weighted by atomic mass is 16.7. The largest absolute Gasteiger partial charge is 0.483 e. The number of ether oxygens (including phenoxy) is 7. The predicted molar refractivity (Wildman–Crippen MR) is 241 cm³/mol. The first-order valence-corrected chi connectivity index (χ1v) is 23.4. The maximum atomic E-state index is 14.6. The van der Waals surface area contributed by atoms with Crippen LogP contribution in [0.2, 0.25) is 0 Å². The lowest BCUT2D eigenvalue weighted by Gasteiger charge is -2.53. The van der Waals surface area contributed by atoms with Gasteiger partial charge in [-0.25, -0.2) is 0 Å². The zero-order valence-electron chi connectivity index (χ0n) is 41.1. The van der Waals surface area contributed by atoms with Gasteiger partial charge in [-0.1, -0.05) is 39.8 Å². The van der Waals surface area contributed by atoms with Crippen molar-refractivity contribution < 1.29 is 58.4 Å². The van der Waals surface area contributed by atoms with Crippen LogP contribution in [0.4, 0.5) is 0 Å². The van der Waals surface area contributed by atoms with E-state index in [1.807, 2.05) is 73.0 Å². The number of likely N-dealkylation sites (N-methyl/N-ethyl adjacent to an activating group) is 1. The molecule has 0 aromatic heterocycles. The quantitative estimate of drug-likeness (QED) is 0.121. The SMILES string of the molecule is CCCNC[C@]1(O)[C@H](C)O[C@@H](O[C@H]2[C@H](C)[C@@H](O[C@@H]3O[C@H](C)C[C@H](N(C)C)[C@H]3Oc3cccc(C)c3)[C@](C)(O)C[C@@H](C)CN[C@H](C)[C@@H](O)[C@](C)(O)[C@@H](CC)OC(=O)[C@@H]2C)C[C@@]1(C)OC. The first-order chi connectivity index (χ1) is 29.3. The van der Waals surface area contributed by atoms with Gasteiger partial charge in [0, 0.05) is 32.0 Å².